The van der Waals surface area contributed by atoms with E-state index < -0.39 is 11.1 Å². The Morgan fingerprint density at radius 1 is 1.11 bits per heavy atom. The van der Waals surface area contributed by atoms with Gasteiger partial charge < -0.3 is 4.42 Å². The van der Waals surface area contributed by atoms with E-state index in [0.717, 1.165) is 18.6 Å². The van der Waals surface area contributed by atoms with Gasteiger partial charge >= 0.3 is 0 Å². The topological polar surface area (TPSA) is 113 Å². The number of thioether (sulfide) groups is 1. The van der Waals surface area contributed by atoms with Crippen LogP contribution in [0.5, 0.6) is 0 Å². The highest BCUT2D eigenvalue weighted by Gasteiger charge is 2.36. The predicted molar refractivity (Wildman–Crippen MR) is 138 cm³/mol. The lowest BCUT2D eigenvalue weighted by molar-refractivity contribution is -0.384. The molecule has 0 bridgehead atoms. The number of non-ortho nitro benzene ring substituents is 1. The number of unbranched alkanes of at least 4 members (excludes halogenated alkanes) is 3. The lowest BCUT2D eigenvalue weighted by Gasteiger charge is -2.32. The first-order valence-electron chi connectivity index (χ1n) is 11.9. The Labute approximate surface area is 211 Å². The molecule has 0 saturated carbocycles. The number of fused-ring (bicyclic) bond motifs is 2. The van der Waals surface area contributed by atoms with Crippen molar-refractivity contribution in [1.82, 2.24) is 10.3 Å². The molecule has 36 heavy (non-hydrogen) atoms. The number of nitrogens with zero attached hydrogens (tertiary/aromatic N) is 4. The molecule has 2 aliphatic heterocycles. The average Bonchev–Trinajstić information content (AvgIpc) is 3.38. The Kier molecular flexibility index (Phi) is 6.86. The Morgan fingerprint density at radius 2 is 1.97 bits per heavy atom. The zero-order chi connectivity index (χ0) is 25.1. The summed E-state index contributed by atoms with van der Waals surface area (Å²) in [6, 6.07) is 17.2. The molecule has 0 spiro atoms. The standard InChI is InChI=1S/C26H25N5O4S/c1-2-3-4-7-15-36-26-28-25(32)23-19-11-5-6-12-20(19)27-24(30(23)29-26)22-14-13-21(35-22)17-9-8-10-18(16-17)31(33)34/h5-6,8-14,16,24H,2-4,7,15H2,1H3,(H,28,29,32)/t24-/m1/s1. The summed E-state index contributed by atoms with van der Waals surface area (Å²) in [7, 11) is 0. The van der Waals surface area contributed by atoms with E-state index in [1.807, 2.05) is 24.3 Å². The van der Waals surface area contributed by atoms with E-state index in [1.54, 1.807) is 29.3 Å². The highest BCUT2D eigenvalue weighted by Crippen LogP contribution is 2.34. The molecule has 10 heteroatoms. The van der Waals surface area contributed by atoms with Gasteiger partial charge in [0.2, 0.25) is 6.17 Å². The monoisotopic (exact) mass is 503 g/mol. The van der Waals surface area contributed by atoms with Gasteiger partial charge in [0.25, 0.3) is 11.6 Å². The third-order valence-electron chi connectivity index (χ3n) is 5.97. The summed E-state index contributed by atoms with van der Waals surface area (Å²) < 4.78 is 6.12. The second kappa shape index (κ2) is 10.4. The molecule has 3 heterocycles. The minimum absolute atomic E-state index is 0.0183. The van der Waals surface area contributed by atoms with E-state index in [2.05, 4.69) is 12.2 Å². The van der Waals surface area contributed by atoms with E-state index in [-0.39, 0.29) is 11.6 Å². The highest BCUT2D eigenvalue weighted by molar-refractivity contribution is 8.13. The van der Waals surface area contributed by atoms with Gasteiger partial charge in [-0.25, -0.2) is 10.0 Å². The van der Waals surface area contributed by atoms with Crippen LogP contribution in [0.1, 0.15) is 44.5 Å². The molecule has 0 aliphatic carbocycles. The molecule has 0 fully saturated rings. The maximum atomic E-state index is 13.2. The molecule has 0 saturated heterocycles. The van der Waals surface area contributed by atoms with Crippen LogP contribution in [0, 0.1) is 10.1 Å². The zero-order valence-corrected chi connectivity index (χ0v) is 20.5. The van der Waals surface area contributed by atoms with Crippen LogP contribution in [0.4, 0.5) is 5.69 Å². The van der Waals surface area contributed by atoms with Crippen molar-refractivity contribution < 1.29 is 14.1 Å². The molecule has 1 aromatic heterocycles. The van der Waals surface area contributed by atoms with Crippen molar-refractivity contribution >= 4 is 34.2 Å². The van der Waals surface area contributed by atoms with Gasteiger partial charge in [0.05, 0.1) is 10.3 Å². The molecule has 0 unspecified atom stereocenters. The molecule has 0 radical (unpaired) electrons. The number of hydrogen-bond donors (Lipinski definition) is 1. The summed E-state index contributed by atoms with van der Waals surface area (Å²) in [6.45, 7) is 2.17. The number of amides is 1. The normalized spacial score (nSPS) is 16.5. The molecule has 5 rings (SSSR count). The number of rotatable bonds is 8. The van der Waals surface area contributed by atoms with Crippen LogP contribution in [-0.4, -0.2) is 26.8 Å². The number of para-hydroxylation sites is 1. The van der Waals surface area contributed by atoms with Crippen LogP contribution in [0.2, 0.25) is 0 Å². The number of carbonyl (C=O) groups excluding carboxylic acids is 1. The van der Waals surface area contributed by atoms with E-state index in [1.165, 1.54) is 36.7 Å². The fraction of sp³-hybridized carbons (Fsp3) is 0.269. The lowest BCUT2D eigenvalue weighted by atomic mass is 10.1. The van der Waals surface area contributed by atoms with Crippen molar-refractivity contribution in [1.29, 1.82) is 0 Å². The quantitative estimate of drug-likeness (QED) is 0.278. The van der Waals surface area contributed by atoms with Gasteiger partial charge in [0.15, 0.2) is 10.9 Å². The van der Waals surface area contributed by atoms with Crippen LogP contribution in [0.3, 0.4) is 0 Å². The summed E-state index contributed by atoms with van der Waals surface area (Å²) in [5.41, 5.74) is 0.976. The second-order valence-electron chi connectivity index (χ2n) is 8.49. The van der Waals surface area contributed by atoms with Crippen LogP contribution < -0.4 is 15.9 Å². The van der Waals surface area contributed by atoms with Crippen LogP contribution in [-0.2, 0) is 4.79 Å². The van der Waals surface area contributed by atoms with E-state index >= 15 is 0 Å². The minimum atomic E-state index is -0.691. The predicted octanol–water partition coefficient (Wildman–Crippen LogP) is 4.31. The summed E-state index contributed by atoms with van der Waals surface area (Å²) in [5.74, 6) is 1.58. The molecule has 1 N–H and O–H groups in total. The smallest absolute Gasteiger partial charge is 0.276 e. The third-order valence-corrected chi connectivity index (χ3v) is 6.92. The average molecular weight is 504 g/mol. The van der Waals surface area contributed by atoms with Gasteiger partial charge in [0, 0.05) is 28.7 Å². The first-order valence-corrected chi connectivity index (χ1v) is 12.9. The lowest BCUT2D eigenvalue weighted by Crippen LogP contribution is -2.50. The maximum absolute atomic E-state index is 13.2. The summed E-state index contributed by atoms with van der Waals surface area (Å²) in [5, 5.41) is 22.4. The molecule has 2 aliphatic rings. The van der Waals surface area contributed by atoms with Gasteiger partial charge in [-0.2, -0.15) is 0 Å². The van der Waals surface area contributed by atoms with Crippen molar-refractivity contribution in [3.8, 4) is 11.3 Å². The molecule has 9 nitrogen and oxygen atoms in total. The van der Waals surface area contributed by atoms with Gasteiger partial charge in [-0.1, -0.05) is 68.3 Å². The van der Waals surface area contributed by atoms with E-state index in [0.29, 0.717) is 38.5 Å². The Hall–Kier alpha value is -3.92. The Bertz CT molecular complexity index is 1460. The number of hydrogen-bond acceptors (Lipinski definition) is 8. The molecular formula is C26H25N5O4S. The van der Waals surface area contributed by atoms with Crippen molar-refractivity contribution in [3.63, 3.8) is 0 Å². The number of furan rings is 1. The first-order chi connectivity index (χ1) is 17.5. The Morgan fingerprint density at radius 3 is 2.81 bits per heavy atom. The third kappa shape index (κ3) is 4.76. The molecule has 2 aromatic carbocycles. The maximum Gasteiger partial charge on any atom is 0.276 e. The van der Waals surface area contributed by atoms with Crippen molar-refractivity contribution in [2.45, 2.75) is 38.8 Å². The SMILES string of the molecule is CCCCCCSC1=NN2C(=c3ccccc3=N[C@H]2c2ccc(-c3cccc([N+](=O)[O-])c3)o2)C(=O)N1. The highest BCUT2D eigenvalue weighted by atomic mass is 32.2. The summed E-state index contributed by atoms with van der Waals surface area (Å²) in [4.78, 5) is 28.8. The zero-order valence-electron chi connectivity index (χ0n) is 19.7. The molecule has 3 aromatic rings. The minimum Gasteiger partial charge on any atom is -0.457 e. The molecular weight excluding hydrogens is 478 g/mol. The number of nitro benzene ring substituents is 1. The number of amidine groups is 1. The summed E-state index contributed by atoms with van der Waals surface area (Å²) >= 11 is 1.52. The first kappa shape index (κ1) is 23.8. The number of nitrogens with one attached hydrogen (secondary N) is 1. The fourth-order valence-corrected chi connectivity index (χ4v) is 5.05. The molecule has 184 valence electrons. The number of carbonyl (C=O) groups is 1. The largest absolute Gasteiger partial charge is 0.457 e. The fourth-order valence-electron chi connectivity index (χ4n) is 4.20. The van der Waals surface area contributed by atoms with Crippen molar-refractivity contribution in [2.24, 2.45) is 10.1 Å². The van der Waals surface area contributed by atoms with Gasteiger partial charge in [-0.05, 0) is 24.6 Å². The van der Waals surface area contributed by atoms with Crippen LogP contribution >= 0.6 is 11.8 Å². The summed E-state index contributed by atoms with van der Waals surface area (Å²) in [6.07, 6.45) is 3.85. The van der Waals surface area contributed by atoms with Gasteiger partial charge in [-0.15, -0.1) is 5.10 Å². The van der Waals surface area contributed by atoms with Crippen LogP contribution in [0.25, 0.3) is 17.0 Å². The molecule has 1 atom stereocenters. The van der Waals surface area contributed by atoms with E-state index in [9.17, 15) is 14.9 Å². The second-order valence-corrected chi connectivity index (χ2v) is 9.57. The van der Waals surface area contributed by atoms with Gasteiger partial charge in [-0.3, -0.25) is 20.2 Å². The van der Waals surface area contributed by atoms with Crippen LogP contribution in [0.15, 0.2) is 75.2 Å². The number of hydrazone groups is 1. The number of nitro groups is 1. The van der Waals surface area contributed by atoms with Crippen molar-refractivity contribution in [3.05, 3.63) is 87.1 Å². The molecule has 1 amide bonds. The Balaban J connectivity index is 1.50. The van der Waals surface area contributed by atoms with Crippen molar-refractivity contribution in [2.75, 3.05) is 5.75 Å². The van der Waals surface area contributed by atoms with E-state index in [4.69, 9.17) is 14.5 Å². The number of benzene rings is 2. The van der Waals surface area contributed by atoms with Gasteiger partial charge in [0.1, 0.15) is 11.5 Å².